The Hall–Kier alpha value is -3.63. The van der Waals surface area contributed by atoms with Gasteiger partial charge in [-0.25, -0.2) is 14.8 Å². The molecule has 1 aromatic carbocycles. The van der Waals surface area contributed by atoms with Gasteiger partial charge in [-0.05, 0) is 34.1 Å². The molecule has 0 aliphatic carbocycles. The van der Waals surface area contributed by atoms with Crippen LogP contribution in [-0.4, -0.2) is 47.2 Å². The molecule has 1 heterocycles. The minimum atomic E-state index is -1.10. The van der Waals surface area contributed by atoms with Crippen LogP contribution in [0, 0.1) is 0 Å². The van der Waals surface area contributed by atoms with E-state index in [0.717, 1.165) is 0 Å². The highest BCUT2D eigenvalue weighted by Gasteiger charge is 2.15. The second-order valence-corrected chi connectivity index (χ2v) is 4.29. The summed E-state index contributed by atoms with van der Waals surface area (Å²) >= 11 is 0. The molecule has 0 radical (unpaired) electrons. The number of amides is 1. The summed E-state index contributed by atoms with van der Waals surface area (Å²) in [7, 11) is 1.41. The molecule has 126 valence electrons. The Kier molecular flexibility index (Phi) is 5.28. The van der Waals surface area contributed by atoms with Gasteiger partial charge in [0, 0.05) is 0 Å². The number of carbonyl (C=O) groups is 2. The first kappa shape index (κ1) is 16.7. The van der Waals surface area contributed by atoms with Crippen molar-refractivity contribution in [3.63, 3.8) is 0 Å². The highest BCUT2D eigenvalue weighted by atomic mass is 16.6. The van der Waals surface area contributed by atoms with Crippen LogP contribution in [0.4, 0.5) is 5.82 Å². The van der Waals surface area contributed by atoms with Crippen molar-refractivity contribution in [1.82, 2.24) is 15.7 Å². The molecule has 11 heteroatoms. The number of carbonyl (C=O) groups excluding carboxylic acids is 1. The number of ether oxygens (including phenoxy) is 2. The maximum absolute atomic E-state index is 11.7. The number of aliphatic carboxylic acids is 1. The summed E-state index contributed by atoms with van der Waals surface area (Å²) in [5, 5.41) is 19.0. The summed E-state index contributed by atoms with van der Waals surface area (Å²) in [6.07, 6.45) is 1.34. The largest absolute Gasteiger partial charge is 0.493 e. The monoisotopic (exact) mass is 335 g/mol. The fraction of sp³-hybridized carbons (Fsp3) is 0.154. The van der Waals surface area contributed by atoms with Crippen LogP contribution in [0.5, 0.6) is 11.5 Å². The third kappa shape index (κ3) is 4.19. The summed E-state index contributed by atoms with van der Waals surface area (Å²) in [6, 6.07) is 4.67. The molecule has 0 fully saturated rings. The van der Waals surface area contributed by atoms with Gasteiger partial charge in [0.25, 0.3) is 5.91 Å². The van der Waals surface area contributed by atoms with E-state index in [-0.39, 0.29) is 17.3 Å². The van der Waals surface area contributed by atoms with Crippen LogP contribution in [0.1, 0.15) is 16.1 Å². The lowest BCUT2D eigenvalue weighted by Gasteiger charge is -2.09. The number of nitrogens with zero attached hydrogens (tertiary/aromatic N) is 3. The molecule has 0 unspecified atom stereocenters. The number of anilines is 1. The Balaban J connectivity index is 2.03. The van der Waals surface area contributed by atoms with Crippen LogP contribution in [0.3, 0.4) is 0 Å². The van der Waals surface area contributed by atoms with E-state index in [1.807, 2.05) is 0 Å². The van der Waals surface area contributed by atoms with Gasteiger partial charge in [-0.15, -0.1) is 0 Å². The summed E-state index contributed by atoms with van der Waals surface area (Å²) in [4.78, 5) is 22.2. The van der Waals surface area contributed by atoms with E-state index in [4.69, 9.17) is 20.3 Å². The Labute approximate surface area is 135 Å². The number of aromatic nitrogens is 2. The maximum atomic E-state index is 11.7. The van der Waals surface area contributed by atoms with Gasteiger partial charge < -0.3 is 20.3 Å². The van der Waals surface area contributed by atoms with E-state index in [9.17, 15) is 9.59 Å². The number of hydrazone groups is 1. The first-order valence-electron chi connectivity index (χ1n) is 6.45. The average molecular weight is 335 g/mol. The summed E-state index contributed by atoms with van der Waals surface area (Å²) in [6.45, 7) is -0.493. The fourth-order valence-corrected chi connectivity index (χ4v) is 1.59. The third-order valence-electron chi connectivity index (χ3n) is 2.65. The van der Waals surface area contributed by atoms with Gasteiger partial charge in [0.05, 0.1) is 13.3 Å². The predicted molar refractivity (Wildman–Crippen MR) is 79.9 cm³/mol. The van der Waals surface area contributed by atoms with Crippen molar-refractivity contribution >= 4 is 23.9 Å². The fourth-order valence-electron chi connectivity index (χ4n) is 1.59. The number of carboxylic acids is 1. The number of carboxylic acid groups (broad SMARTS) is 1. The lowest BCUT2D eigenvalue weighted by Crippen LogP contribution is -2.19. The molecule has 4 N–H and O–H groups in total. The van der Waals surface area contributed by atoms with E-state index in [1.165, 1.54) is 19.4 Å². The van der Waals surface area contributed by atoms with Crippen molar-refractivity contribution in [2.45, 2.75) is 0 Å². The molecule has 1 aromatic heterocycles. The minimum Gasteiger partial charge on any atom is -0.493 e. The second kappa shape index (κ2) is 7.58. The average Bonchev–Trinajstić information content (AvgIpc) is 2.99. The number of benzene rings is 1. The number of rotatable bonds is 7. The standard InChI is InChI=1S/C13H13N5O6/c1-22-9-4-7(2-3-8(9)23-6-10(19)20)5-15-16-13(21)11-12(14)18-24-17-11/h2-5H,6H2,1H3,(H2,14,18)(H,16,21)(H,19,20)/b15-5-. The van der Waals surface area contributed by atoms with E-state index in [1.54, 1.807) is 12.1 Å². The molecule has 0 aliphatic rings. The number of nitrogens with one attached hydrogen (secondary N) is 1. The highest BCUT2D eigenvalue weighted by molar-refractivity contribution is 5.96. The zero-order valence-electron chi connectivity index (χ0n) is 12.4. The summed E-state index contributed by atoms with van der Waals surface area (Å²) < 4.78 is 14.5. The van der Waals surface area contributed by atoms with Crippen LogP contribution >= 0.6 is 0 Å². The SMILES string of the molecule is COc1cc(/C=N\NC(=O)c2nonc2N)ccc1OCC(=O)O. The van der Waals surface area contributed by atoms with Crippen molar-refractivity contribution in [2.24, 2.45) is 5.10 Å². The number of hydrogen-bond donors (Lipinski definition) is 3. The van der Waals surface area contributed by atoms with Crippen molar-refractivity contribution in [2.75, 3.05) is 19.5 Å². The third-order valence-corrected chi connectivity index (χ3v) is 2.65. The first-order chi connectivity index (χ1) is 11.5. The Bertz CT molecular complexity index is 772. The number of methoxy groups -OCH3 is 1. The highest BCUT2D eigenvalue weighted by Crippen LogP contribution is 2.27. The van der Waals surface area contributed by atoms with Gasteiger partial charge in [0.2, 0.25) is 11.5 Å². The number of nitrogens with two attached hydrogens (primary N) is 1. The van der Waals surface area contributed by atoms with E-state index < -0.39 is 18.5 Å². The first-order valence-corrected chi connectivity index (χ1v) is 6.45. The Morgan fingerprint density at radius 1 is 1.42 bits per heavy atom. The van der Waals surface area contributed by atoms with Crippen molar-refractivity contribution in [3.8, 4) is 11.5 Å². The van der Waals surface area contributed by atoms with E-state index in [0.29, 0.717) is 11.3 Å². The van der Waals surface area contributed by atoms with E-state index >= 15 is 0 Å². The molecule has 11 nitrogen and oxygen atoms in total. The van der Waals surface area contributed by atoms with Crippen molar-refractivity contribution in [3.05, 3.63) is 29.5 Å². The lowest BCUT2D eigenvalue weighted by atomic mass is 10.2. The second-order valence-electron chi connectivity index (χ2n) is 4.29. The molecule has 2 aromatic rings. The predicted octanol–water partition coefficient (Wildman–Crippen LogP) is -0.112. The molecule has 0 aliphatic heterocycles. The molecule has 24 heavy (non-hydrogen) atoms. The van der Waals surface area contributed by atoms with Gasteiger partial charge in [-0.1, -0.05) is 0 Å². The molecule has 2 rings (SSSR count). The Morgan fingerprint density at radius 3 is 2.83 bits per heavy atom. The topological polar surface area (TPSA) is 162 Å². The number of hydrogen-bond acceptors (Lipinski definition) is 9. The molecular formula is C13H13N5O6. The molecule has 0 bridgehead atoms. The van der Waals surface area contributed by atoms with Crippen LogP contribution < -0.4 is 20.6 Å². The summed E-state index contributed by atoms with van der Waals surface area (Å²) in [5.74, 6) is -1.35. The zero-order valence-corrected chi connectivity index (χ0v) is 12.4. The zero-order chi connectivity index (χ0) is 17.5. The van der Waals surface area contributed by atoms with Crippen LogP contribution in [0.25, 0.3) is 0 Å². The molecule has 0 saturated heterocycles. The summed E-state index contributed by atoms with van der Waals surface area (Å²) in [5.41, 5.74) is 7.97. The van der Waals surface area contributed by atoms with Crippen molar-refractivity contribution in [1.29, 1.82) is 0 Å². The maximum Gasteiger partial charge on any atom is 0.341 e. The van der Waals surface area contributed by atoms with Gasteiger partial charge in [0.1, 0.15) is 0 Å². The molecule has 0 saturated carbocycles. The molecular weight excluding hydrogens is 322 g/mol. The van der Waals surface area contributed by atoms with Crippen LogP contribution in [0.15, 0.2) is 27.9 Å². The number of nitrogen functional groups attached to an aromatic ring is 1. The quantitative estimate of drug-likeness (QED) is 0.462. The van der Waals surface area contributed by atoms with Gasteiger partial charge in [-0.2, -0.15) is 5.10 Å². The van der Waals surface area contributed by atoms with Gasteiger partial charge in [-0.3, -0.25) is 4.79 Å². The smallest absolute Gasteiger partial charge is 0.341 e. The minimum absolute atomic E-state index is 0.149. The van der Waals surface area contributed by atoms with Gasteiger partial charge in [0.15, 0.2) is 18.1 Å². The van der Waals surface area contributed by atoms with E-state index in [2.05, 4.69) is 25.5 Å². The molecule has 0 spiro atoms. The van der Waals surface area contributed by atoms with Crippen LogP contribution in [-0.2, 0) is 4.79 Å². The lowest BCUT2D eigenvalue weighted by molar-refractivity contribution is -0.139. The molecule has 1 amide bonds. The van der Waals surface area contributed by atoms with Gasteiger partial charge >= 0.3 is 5.97 Å². The molecule has 0 atom stereocenters. The van der Waals surface area contributed by atoms with Crippen molar-refractivity contribution < 1.29 is 28.8 Å². The van der Waals surface area contributed by atoms with Crippen LogP contribution in [0.2, 0.25) is 0 Å². The Morgan fingerprint density at radius 2 is 2.21 bits per heavy atom. The normalized spacial score (nSPS) is 10.5.